The van der Waals surface area contributed by atoms with E-state index in [1.165, 1.54) is 0 Å². The molecule has 1 saturated carbocycles. The molecule has 2 aromatic heterocycles. The maximum absolute atomic E-state index is 12.9. The van der Waals surface area contributed by atoms with Crippen LogP contribution in [0.25, 0.3) is 22.2 Å². The molecule has 2 heterocycles. The van der Waals surface area contributed by atoms with Crippen molar-refractivity contribution in [3.63, 3.8) is 0 Å². The van der Waals surface area contributed by atoms with Crippen LogP contribution < -0.4 is 5.32 Å². The minimum atomic E-state index is -2.73. The molecule has 3 aromatic rings. The molecule has 0 spiro atoms. The van der Waals surface area contributed by atoms with E-state index in [1.54, 1.807) is 12.4 Å². The highest BCUT2D eigenvalue weighted by molar-refractivity contribution is 5.93. The van der Waals surface area contributed by atoms with E-state index < -0.39 is 30.6 Å². The summed E-state index contributed by atoms with van der Waals surface area (Å²) in [7, 11) is 1.93. The highest BCUT2D eigenvalue weighted by Crippen LogP contribution is 2.42. The Morgan fingerprint density at radius 2 is 2.04 bits per heavy atom. The van der Waals surface area contributed by atoms with Gasteiger partial charge in [0.1, 0.15) is 5.82 Å². The molecule has 1 amide bonds. The Bertz CT molecular complexity index is 1010. The van der Waals surface area contributed by atoms with Crippen LogP contribution in [0.1, 0.15) is 18.7 Å². The molecule has 0 atom stereocenters. The molecule has 8 heteroatoms. The van der Waals surface area contributed by atoms with Gasteiger partial charge in [0.05, 0.1) is 17.4 Å². The molecule has 1 fully saturated rings. The van der Waals surface area contributed by atoms with Crippen molar-refractivity contribution in [3.8, 4) is 11.3 Å². The molecule has 0 saturated heterocycles. The van der Waals surface area contributed by atoms with Gasteiger partial charge >= 0.3 is 0 Å². The zero-order valence-corrected chi connectivity index (χ0v) is 14.3. The molecular weight excluding hydrogens is 340 g/mol. The molecule has 1 aliphatic carbocycles. The quantitative estimate of drug-likeness (QED) is 0.780. The second kappa shape index (κ2) is 5.82. The van der Waals surface area contributed by atoms with Gasteiger partial charge in [0, 0.05) is 43.0 Å². The molecule has 26 heavy (non-hydrogen) atoms. The zero-order chi connectivity index (χ0) is 18.5. The van der Waals surface area contributed by atoms with Gasteiger partial charge < -0.3 is 4.57 Å². The predicted molar refractivity (Wildman–Crippen MR) is 92.8 cm³/mol. The second-order valence-corrected chi connectivity index (χ2v) is 6.67. The fourth-order valence-corrected chi connectivity index (χ4v) is 3.07. The van der Waals surface area contributed by atoms with Crippen molar-refractivity contribution < 1.29 is 13.6 Å². The highest BCUT2D eigenvalue weighted by Gasteiger charge is 2.48. The van der Waals surface area contributed by atoms with Crippen LogP contribution >= 0.6 is 0 Å². The first-order valence-corrected chi connectivity index (χ1v) is 8.27. The number of nitrogens with one attached hydrogen (secondary N) is 1. The predicted octanol–water partition coefficient (Wildman–Crippen LogP) is 3.32. The van der Waals surface area contributed by atoms with Gasteiger partial charge in [-0.2, -0.15) is 0 Å². The number of rotatable bonds is 3. The third-order valence-corrected chi connectivity index (χ3v) is 4.79. The first-order chi connectivity index (χ1) is 12.3. The Morgan fingerprint density at radius 1 is 1.27 bits per heavy atom. The van der Waals surface area contributed by atoms with Gasteiger partial charge in [-0.1, -0.05) is 12.1 Å². The molecule has 0 aliphatic heterocycles. The normalized spacial score (nSPS) is 16.5. The first kappa shape index (κ1) is 16.6. The maximum Gasteiger partial charge on any atom is 0.249 e. The molecule has 6 nitrogen and oxygen atoms in total. The monoisotopic (exact) mass is 357 g/mol. The summed E-state index contributed by atoms with van der Waals surface area (Å²) in [4.78, 5) is 24.8. The number of amides is 1. The van der Waals surface area contributed by atoms with E-state index in [0.717, 1.165) is 22.5 Å². The minimum Gasteiger partial charge on any atom is -0.331 e. The van der Waals surface area contributed by atoms with Crippen molar-refractivity contribution in [2.75, 3.05) is 5.32 Å². The molecular formula is C18H17F2N5O. The summed E-state index contributed by atoms with van der Waals surface area (Å²) in [5.41, 5.74) is 2.55. The lowest BCUT2D eigenvalue weighted by Gasteiger charge is -2.33. The van der Waals surface area contributed by atoms with Crippen LogP contribution in [0.3, 0.4) is 0 Å². The van der Waals surface area contributed by atoms with Crippen LogP contribution in [0.15, 0.2) is 30.6 Å². The van der Waals surface area contributed by atoms with E-state index in [2.05, 4.69) is 20.3 Å². The summed E-state index contributed by atoms with van der Waals surface area (Å²) in [6.45, 7) is 1.92. The van der Waals surface area contributed by atoms with Crippen LogP contribution in [-0.2, 0) is 11.8 Å². The highest BCUT2D eigenvalue weighted by atomic mass is 19.3. The second-order valence-electron chi connectivity index (χ2n) is 6.67. The molecule has 0 bridgehead atoms. The van der Waals surface area contributed by atoms with Crippen molar-refractivity contribution >= 4 is 22.8 Å². The van der Waals surface area contributed by atoms with Crippen LogP contribution in [0.5, 0.6) is 0 Å². The van der Waals surface area contributed by atoms with Crippen molar-refractivity contribution in [2.24, 2.45) is 13.0 Å². The number of fused-ring (bicyclic) bond motifs is 1. The van der Waals surface area contributed by atoms with Crippen molar-refractivity contribution in [2.45, 2.75) is 25.7 Å². The molecule has 1 aliphatic rings. The summed E-state index contributed by atoms with van der Waals surface area (Å²) in [6.07, 6.45) is 2.55. The number of anilines is 1. The van der Waals surface area contributed by atoms with E-state index >= 15 is 0 Å². The standard InChI is InChI=1S/C18H17F2N5O/c1-10-21-9-15(25(10)2)11-3-4-12-8-22-17(23-14(12)5-11)24-16(26)13-6-18(19,20)7-13/h3-5,8-9,13H,6-7H2,1-2H3,(H,22,23,24,26). The van der Waals surface area contributed by atoms with Gasteiger partial charge in [-0.05, 0) is 13.0 Å². The Hall–Kier alpha value is -2.90. The molecule has 0 radical (unpaired) electrons. The fourth-order valence-electron chi connectivity index (χ4n) is 3.07. The summed E-state index contributed by atoms with van der Waals surface area (Å²) in [6, 6.07) is 5.74. The Kier molecular flexibility index (Phi) is 3.71. The van der Waals surface area contributed by atoms with Gasteiger partial charge in [-0.15, -0.1) is 0 Å². The number of carbonyl (C=O) groups excluding carboxylic acids is 1. The number of hydrogen-bond donors (Lipinski definition) is 1. The van der Waals surface area contributed by atoms with Gasteiger partial charge in [0.2, 0.25) is 17.8 Å². The Balaban J connectivity index is 1.60. The third kappa shape index (κ3) is 2.91. The molecule has 4 rings (SSSR count). The number of imidazole rings is 1. The smallest absolute Gasteiger partial charge is 0.249 e. The Morgan fingerprint density at radius 3 is 2.69 bits per heavy atom. The average molecular weight is 357 g/mol. The molecule has 1 aromatic carbocycles. The Labute approximate surface area is 148 Å². The molecule has 0 unspecified atom stereocenters. The van der Waals surface area contributed by atoms with Crippen molar-refractivity contribution in [1.82, 2.24) is 19.5 Å². The lowest BCUT2D eigenvalue weighted by molar-refractivity contribution is -0.145. The van der Waals surface area contributed by atoms with Crippen molar-refractivity contribution in [1.29, 1.82) is 0 Å². The minimum absolute atomic E-state index is 0.121. The van der Waals surface area contributed by atoms with Crippen LogP contribution in [0, 0.1) is 12.8 Å². The number of alkyl halides is 2. The van der Waals surface area contributed by atoms with Gasteiger partial charge in [0.15, 0.2) is 0 Å². The maximum atomic E-state index is 12.9. The number of hydrogen-bond acceptors (Lipinski definition) is 4. The number of aromatic nitrogens is 4. The topological polar surface area (TPSA) is 72.7 Å². The molecule has 134 valence electrons. The summed E-state index contributed by atoms with van der Waals surface area (Å²) < 4.78 is 27.8. The van der Waals surface area contributed by atoms with E-state index in [9.17, 15) is 13.6 Å². The lowest BCUT2D eigenvalue weighted by Crippen LogP contribution is -2.42. The van der Waals surface area contributed by atoms with Gasteiger partial charge in [0.25, 0.3) is 0 Å². The summed E-state index contributed by atoms with van der Waals surface area (Å²) in [5, 5.41) is 3.36. The number of carbonyl (C=O) groups is 1. The van der Waals surface area contributed by atoms with E-state index in [1.807, 2.05) is 36.7 Å². The number of halogens is 2. The van der Waals surface area contributed by atoms with E-state index in [0.29, 0.717) is 5.52 Å². The first-order valence-electron chi connectivity index (χ1n) is 8.27. The SMILES string of the molecule is Cc1ncc(-c2ccc3cnc(NC(=O)C4CC(F)(F)C4)nc3c2)n1C. The van der Waals surface area contributed by atoms with E-state index in [-0.39, 0.29) is 5.95 Å². The zero-order valence-electron chi connectivity index (χ0n) is 14.3. The van der Waals surface area contributed by atoms with Crippen LogP contribution in [-0.4, -0.2) is 31.3 Å². The fraction of sp³-hybridized carbons (Fsp3) is 0.333. The lowest BCUT2D eigenvalue weighted by atomic mass is 9.81. The van der Waals surface area contributed by atoms with Gasteiger partial charge in [-0.3, -0.25) is 10.1 Å². The molecule has 1 N–H and O–H groups in total. The summed E-state index contributed by atoms with van der Waals surface area (Å²) >= 11 is 0. The van der Waals surface area contributed by atoms with Crippen molar-refractivity contribution in [3.05, 3.63) is 36.4 Å². The van der Waals surface area contributed by atoms with E-state index in [4.69, 9.17) is 0 Å². The summed E-state index contributed by atoms with van der Waals surface area (Å²) in [5.74, 6) is -2.87. The van der Waals surface area contributed by atoms with Gasteiger partial charge in [-0.25, -0.2) is 23.7 Å². The third-order valence-electron chi connectivity index (χ3n) is 4.79. The number of aryl methyl sites for hydroxylation is 1. The largest absolute Gasteiger partial charge is 0.331 e. The number of nitrogens with zero attached hydrogens (tertiary/aromatic N) is 4. The number of benzene rings is 1. The van der Waals surface area contributed by atoms with Crippen LogP contribution in [0.4, 0.5) is 14.7 Å². The van der Waals surface area contributed by atoms with Crippen LogP contribution in [0.2, 0.25) is 0 Å². The average Bonchev–Trinajstić information content (AvgIpc) is 2.91.